The molecule has 0 saturated heterocycles. The highest BCUT2D eigenvalue weighted by atomic mass is 32.2. The average Bonchev–Trinajstić information content (AvgIpc) is 2.71. The van der Waals surface area contributed by atoms with Crippen molar-refractivity contribution in [2.24, 2.45) is 0 Å². The molecule has 0 spiro atoms. The normalized spacial score (nSPS) is 13.2. The maximum Gasteiger partial charge on any atom is 0.416 e. The standard InChI is InChI=1S/C23H22F3NO2S/c1-17-7-14-21(15-8-17)30(28,29)27-22(16-9-18-5-3-2-4-6-18)19-10-12-20(13-11-19)23(24,25)26/h2-8,10-15,22,27H,9,16H2,1H3. The molecule has 3 nitrogen and oxygen atoms in total. The molecule has 0 aliphatic heterocycles. The van der Waals surface area contributed by atoms with Crippen LogP contribution in [0.2, 0.25) is 0 Å². The van der Waals surface area contributed by atoms with Crippen LogP contribution < -0.4 is 4.72 Å². The summed E-state index contributed by atoms with van der Waals surface area (Å²) in [6.07, 6.45) is -3.47. The van der Waals surface area contributed by atoms with Gasteiger partial charge in [-0.05, 0) is 55.2 Å². The lowest BCUT2D eigenvalue weighted by Crippen LogP contribution is -2.29. The predicted octanol–water partition coefficient (Wildman–Crippen LogP) is 5.67. The summed E-state index contributed by atoms with van der Waals surface area (Å²) in [7, 11) is -3.84. The fraction of sp³-hybridized carbons (Fsp3) is 0.217. The van der Waals surface area contributed by atoms with E-state index in [2.05, 4.69) is 4.72 Å². The first-order valence-corrected chi connectivity index (χ1v) is 10.9. The Labute approximate surface area is 174 Å². The summed E-state index contributed by atoms with van der Waals surface area (Å²) in [6, 6.07) is 19.9. The Kier molecular flexibility index (Phi) is 6.63. The zero-order valence-electron chi connectivity index (χ0n) is 16.4. The van der Waals surface area contributed by atoms with Crippen LogP contribution in [0, 0.1) is 6.92 Å². The molecule has 0 bridgehead atoms. The predicted molar refractivity (Wildman–Crippen MR) is 110 cm³/mol. The molecule has 0 saturated carbocycles. The Morgan fingerprint density at radius 1 is 0.867 bits per heavy atom. The number of rotatable bonds is 7. The third-order valence-corrected chi connectivity index (χ3v) is 6.32. The molecule has 3 rings (SSSR count). The van der Waals surface area contributed by atoms with Gasteiger partial charge in [-0.15, -0.1) is 0 Å². The molecule has 3 aromatic rings. The number of nitrogens with one attached hydrogen (secondary N) is 1. The van der Waals surface area contributed by atoms with Crippen molar-refractivity contribution in [3.8, 4) is 0 Å². The van der Waals surface area contributed by atoms with Crippen molar-refractivity contribution in [2.45, 2.75) is 36.9 Å². The van der Waals surface area contributed by atoms with E-state index >= 15 is 0 Å². The fourth-order valence-corrected chi connectivity index (χ4v) is 4.39. The highest BCUT2D eigenvalue weighted by molar-refractivity contribution is 7.89. The van der Waals surface area contributed by atoms with E-state index < -0.39 is 27.8 Å². The fourth-order valence-electron chi connectivity index (χ4n) is 3.13. The average molecular weight is 433 g/mol. The first-order valence-electron chi connectivity index (χ1n) is 9.45. The maximum atomic E-state index is 12.9. The van der Waals surface area contributed by atoms with E-state index in [-0.39, 0.29) is 4.90 Å². The largest absolute Gasteiger partial charge is 0.416 e. The molecule has 158 valence electrons. The summed E-state index contributed by atoms with van der Waals surface area (Å²) in [6.45, 7) is 1.86. The van der Waals surface area contributed by atoms with Gasteiger partial charge in [0, 0.05) is 6.04 Å². The second-order valence-corrected chi connectivity index (χ2v) is 8.84. The molecule has 1 unspecified atom stereocenters. The quantitative estimate of drug-likeness (QED) is 0.522. The minimum Gasteiger partial charge on any atom is -0.207 e. The van der Waals surface area contributed by atoms with Crippen LogP contribution in [-0.4, -0.2) is 8.42 Å². The summed E-state index contributed by atoms with van der Waals surface area (Å²) in [5.41, 5.74) is 1.66. The monoisotopic (exact) mass is 433 g/mol. The molecule has 0 fully saturated rings. The van der Waals surface area contributed by atoms with Gasteiger partial charge in [0.2, 0.25) is 10.0 Å². The number of benzene rings is 3. The summed E-state index contributed by atoms with van der Waals surface area (Å²) in [5, 5.41) is 0. The molecule has 3 aromatic carbocycles. The van der Waals surface area contributed by atoms with Gasteiger partial charge >= 0.3 is 6.18 Å². The zero-order chi connectivity index (χ0) is 21.8. The van der Waals surface area contributed by atoms with Crippen LogP contribution in [-0.2, 0) is 22.6 Å². The van der Waals surface area contributed by atoms with Crippen LogP contribution in [0.5, 0.6) is 0 Å². The Morgan fingerprint density at radius 2 is 1.47 bits per heavy atom. The smallest absolute Gasteiger partial charge is 0.207 e. The van der Waals surface area contributed by atoms with Gasteiger partial charge in [-0.1, -0.05) is 60.2 Å². The lowest BCUT2D eigenvalue weighted by molar-refractivity contribution is -0.137. The van der Waals surface area contributed by atoms with Crippen molar-refractivity contribution in [3.63, 3.8) is 0 Å². The molecule has 0 amide bonds. The molecule has 1 atom stereocenters. The second kappa shape index (κ2) is 9.02. The summed E-state index contributed by atoms with van der Waals surface area (Å²) < 4.78 is 67.1. The molecule has 1 N–H and O–H groups in total. The van der Waals surface area contributed by atoms with Gasteiger partial charge in [0.1, 0.15) is 0 Å². The molecule has 0 aromatic heterocycles. The molecular formula is C23H22F3NO2S. The van der Waals surface area contributed by atoms with Crippen molar-refractivity contribution in [3.05, 3.63) is 101 Å². The summed E-state index contributed by atoms with van der Waals surface area (Å²) in [5.74, 6) is 0. The summed E-state index contributed by atoms with van der Waals surface area (Å²) in [4.78, 5) is 0.115. The zero-order valence-corrected chi connectivity index (χ0v) is 17.2. The minimum atomic E-state index is -4.44. The van der Waals surface area contributed by atoms with Crippen LogP contribution in [0.15, 0.2) is 83.8 Å². The number of sulfonamides is 1. The third kappa shape index (κ3) is 5.70. The molecule has 0 aliphatic carbocycles. The highest BCUT2D eigenvalue weighted by Gasteiger charge is 2.30. The summed E-state index contributed by atoms with van der Waals surface area (Å²) >= 11 is 0. The number of alkyl halides is 3. The SMILES string of the molecule is Cc1ccc(S(=O)(=O)NC(CCc2ccccc2)c2ccc(C(F)(F)F)cc2)cc1. The Bertz CT molecular complexity index is 1060. The van der Waals surface area contributed by atoms with Gasteiger partial charge in [-0.3, -0.25) is 0 Å². The molecule has 0 aliphatic rings. The van der Waals surface area contributed by atoms with E-state index in [0.717, 1.165) is 23.3 Å². The van der Waals surface area contributed by atoms with E-state index in [1.54, 1.807) is 12.1 Å². The highest BCUT2D eigenvalue weighted by Crippen LogP contribution is 2.31. The van der Waals surface area contributed by atoms with E-state index in [0.29, 0.717) is 18.4 Å². The van der Waals surface area contributed by atoms with Crippen molar-refractivity contribution in [1.29, 1.82) is 0 Å². The van der Waals surface area contributed by atoms with Gasteiger partial charge < -0.3 is 0 Å². The van der Waals surface area contributed by atoms with Crippen molar-refractivity contribution in [2.75, 3.05) is 0 Å². The maximum absolute atomic E-state index is 12.9. The van der Waals surface area contributed by atoms with Crippen LogP contribution in [0.4, 0.5) is 13.2 Å². The lowest BCUT2D eigenvalue weighted by atomic mass is 9.99. The van der Waals surface area contributed by atoms with Crippen molar-refractivity contribution in [1.82, 2.24) is 4.72 Å². The molecule has 0 radical (unpaired) electrons. The number of hydrogen-bond donors (Lipinski definition) is 1. The van der Waals surface area contributed by atoms with E-state index in [1.807, 2.05) is 37.3 Å². The van der Waals surface area contributed by atoms with Gasteiger partial charge in [0.05, 0.1) is 10.5 Å². The van der Waals surface area contributed by atoms with Gasteiger partial charge in [-0.2, -0.15) is 13.2 Å². The first kappa shape index (κ1) is 22.1. The molecule has 0 heterocycles. The first-order chi connectivity index (χ1) is 14.1. The second-order valence-electron chi connectivity index (χ2n) is 7.13. The topological polar surface area (TPSA) is 46.2 Å². The van der Waals surface area contributed by atoms with Gasteiger partial charge in [0.15, 0.2) is 0 Å². The Balaban J connectivity index is 1.87. The van der Waals surface area contributed by atoms with E-state index in [4.69, 9.17) is 0 Å². The van der Waals surface area contributed by atoms with Gasteiger partial charge in [-0.25, -0.2) is 13.1 Å². The number of aryl methyl sites for hydroxylation is 2. The van der Waals surface area contributed by atoms with E-state index in [1.165, 1.54) is 24.3 Å². The van der Waals surface area contributed by atoms with Crippen molar-refractivity contribution >= 4 is 10.0 Å². The Hall–Kier alpha value is -2.64. The third-order valence-electron chi connectivity index (χ3n) is 4.83. The molecule has 7 heteroatoms. The minimum absolute atomic E-state index is 0.115. The van der Waals surface area contributed by atoms with Crippen LogP contribution in [0.3, 0.4) is 0 Å². The lowest BCUT2D eigenvalue weighted by Gasteiger charge is -2.20. The van der Waals surface area contributed by atoms with Crippen LogP contribution in [0.25, 0.3) is 0 Å². The number of hydrogen-bond acceptors (Lipinski definition) is 2. The van der Waals surface area contributed by atoms with Crippen molar-refractivity contribution < 1.29 is 21.6 Å². The number of halogens is 3. The molecule has 30 heavy (non-hydrogen) atoms. The van der Waals surface area contributed by atoms with Crippen LogP contribution in [0.1, 0.15) is 34.7 Å². The molecular weight excluding hydrogens is 411 g/mol. The van der Waals surface area contributed by atoms with Gasteiger partial charge in [0.25, 0.3) is 0 Å². The van der Waals surface area contributed by atoms with E-state index in [9.17, 15) is 21.6 Å². The van der Waals surface area contributed by atoms with Crippen LogP contribution >= 0.6 is 0 Å². The Morgan fingerprint density at radius 3 is 2.03 bits per heavy atom.